The Hall–Kier alpha value is -2.09. The summed E-state index contributed by atoms with van der Waals surface area (Å²) in [5.74, 6) is -1.66. The summed E-state index contributed by atoms with van der Waals surface area (Å²) in [6.07, 6.45) is 3.34. The van der Waals surface area contributed by atoms with Gasteiger partial charge in [-0.05, 0) is 6.42 Å². The molecule has 0 radical (unpaired) electrons. The first-order valence-corrected chi connectivity index (χ1v) is 4.62. The van der Waals surface area contributed by atoms with Crippen LogP contribution in [-0.2, 0) is 19.1 Å². The number of carbonyl (C=O) groups excluding carboxylic acids is 2. The van der Waals surface area contributed by atoms with Gasteiger partial charge in [0.05, 0.1) is 37.4 Å². The molecule has 0 aliphatic heterocycles. The van der Waals surface area contributed by atoms with Gasteiger partial charge in [0, 0.05) is 0 Å². The van der Waals surface area contributed by atoms with Crippen molar-refractivity contribution in [2.45, 2.75) is 6.42 Å². The molecule has 0 aromatic rings. The van der Waals surface area contributed by atoms with Crippen LogP contribution in [0.3, 0.4) is 0 Å². The lowest BCUT2D eigenvalue weighted by molar-refractivity contribution is -0.139. The molecule has 0 saturated heterocycles. The summed E-state index contributed by atoms with van der Waals surface area (Å²) in [4.78, 5) is 22.8. The second-order valence-electron chi connectivity index (χ2n) is 3.15. The molecule has 1 aliphatic rings. The minimum atomic E-state index is -0.642. The van der Waals surface area contributed by atoms with Gasteiger partial charge in [-0.3, -0.25) is 0 Å². The minimum absolute atomic E-state index is 0.0900. The molecule has 1 rings (SSSR count). The molecule has 0 aromatic carbocycles. The van der Waals surface area contributed by atoms with Gasteiger partial charge in [0.25, 0.3) is 0 Å². The fourth-order valence-corrected chi connectivity index (χ4v) is 1.39. The Labute approximate surface area is 92.9 Å². The van der Waals surface area contributed by atoms with Crippen molar-refractivity contribution in [1.29, 1.82) is 5.26 Å². The lowest BCUT2D eigenvalue weighted by Gasteiger charge is -2.14. The molecule has 1 aliphatic carbocycles. The predicted octanol–water partition coefficient (Wildman–Crippen LogP) is 0.729. The zero-order valence-corrected chi connectivity index (χ0v) is 9.02. The van der Waals surface area contributed by atoms with E-state index in [0.29, 0.717) is 6.42 Å². The Morgan fingerprint density at radius 3 is 2.38 bits per heavy atom. The normalized spacial score (nSPS) is 18.9. The molecule has 0 N–H and O–H groups in total. The average molecular weight is 221 g/mol. The van der Waals surface area contributed by atoms with Gasteiger partial charge in [0.1, 0.15) is 0 Å². The van der Waals surface area contributed by atoms with E-state index in [9.17, 15) is 9.59 Å². The minimum Gasteiger partial charge on any atom is -0.465 e. The Morgan fingerprint density at radius 2 is 1.88 bits per heavy atom. The summed E-state index contributed by atoms with van der Waals surface area (Å²) in [6, 6.07) is 2.01. The molecule has 0 heterocycles. The van der Waals surface area contributed by atoms with Gasteiger partial charge in [-0.2, -0.15) is 5.26 Å². The van der Waals surface area contributed by atoms with E-state index in [-0.39, 0.29) is 11.1 Å². The molecule has 0 saturated carbocycles. The van der Waals surface area contributed by atoms with Gasteiger partial charge < -0.3 is 9.47 Å². The largest absolute Gasteiger partial charge is 0.465 e. The third-order valence-corrected chi connectivity index (χ3v) is 2.21. The third kappa shape index (κ3) is 2.28. The maximum atomic E-state index is 11.4. The van der Waals surface area contributed by atoms with Crippen LogP contribution >= 0.6 is 0 Å². The van der Waals surface area contributed by atoms with E-state index in [4.69, 9.17) is 5.26 Å². The number of ether oxygens (including phenoxy) is 2. The molecule has 0 amide bonds. The Kier molecular flexibility index (Phi) is 3.84. The Bertz CT molecular complexity index is 414. The monoisotopic (exact) mass is 221 g/mol. The van der Waals surface area contributed by atoms with Crippen LogP contribution in [0.15, 0.2) is 23.3 Å². The summed E-state index contributed by atoms with van der Waals surface area (Å²) in [5.41, 5.74) is 0.244. The zero-order valence-electron chi connectivity index (χ0n) is 9.02. The first-order chi connectivity index (χ1) is 7.63. The van der Waals surface area contributed by atoms with Gasteiger partial charge >= 0.3 is 11.9 Å². The Balaban J connectivity index is 3.07. The van der Waals surface area contributed by atoms with E-state index in [1.807, 2.05) is 6.07 Å². The number of esters is 2. The number of nitrogens with zero attached hydrogens (tertiary/aromatic N) is 1. The van der Waals surface area contributed by atoms with E-state index in [2.05, 4.69) is 9.47 Å². The number of hydrogen-bond acceptors (Lipinski definition) is 5. The lowest BCUT2D eigenvalue weighted by Crippen LogP contribution is -2.18. The van der Waals surface area contributed by atoms with Gasteiger partial charge in [-0.1, -0.05) is 12.2 Å². The second kappa shape index (κ2) is 5.12. The highest BCUT2D eigenvalue weighted by atomic mass is 16.5. The maximum absolute atomic E-state index is 11.4. The number of hydrogen-bond donors (Lipinski definition) is 0. The Morgan fingerprint density at radius 1 is 1.31 bits per heavy atom. The molecule has 5 nitrogen and oxygen atoms in total. The van der Waals surface area contributed by atoms with E-state index in [0.717, 1.165) is 0 Å². The number of nitriles is 1. The van der Waals surface area contributed by atoms with Crippen molar-refractivity contribution >= 4 is 11.9 Å². The van der Waals surface area contributed by atoms with Crippen LogP contribution in [0, 0.1) is 17.2 Å². The number of carbonyl (C=O) groups is 2. The molecule has 0 spiro atoms. The molecule has 5 heteroatoms. The summed E-state index contributed by atoms with van der Waals surface area (Å²) in [6.45, 7) is 0. The summed E-state index contributed by atoms with van der Waals surface area (Å²) >= 11 is 0. The van der Waals surface area contributed by atoms with Gasteiger partial charge in [0.2, 0.25) is 0 Å². The topological polar surface area (TPSA) is 76.4 Å². The highest BCUT2D eigenvalue weighted by Crippen LogP contribution is 2.24. The summed E-state index contributed by atoms with van der Waals surface area (Å²) in [7, 11) is 2.45. The van der Waals surface area contributed by atoms with Crippen LogP contribution < -0.4 is 0 Å². The lowest BCUT2D eigenvalue weighted by atomic mass is 9.91. The van der Waals surface area contributed by atoms with Crippen molar-refractivity contribution in [2.75, 3.05) is 14.2 Å². The van der Waals surface area contributed by atoms with Crippen LogP contribution in [0.1, 0.15) is 6.42 Å². The molecule has 1 unspecified atom stereocenters. The second-order valence-corrected chi connectivity index (χ2v) is 3.15. The van der Waals surface area contributed by atoms with E-state index >= 15 is 0 Å². The number of rotatable bonds is 2. The number of allylic oxidation sites excluding steroid dienone is 2. The van der Waals surface area contributed by atoms with Crippen molar-refractivity contribution in [3.8, 4) is 6.07 Å². The van der Waals surface area contributed by atoms with Crippen molar-refractivity contribution in [2.24, 2.45) is 5.92 Å². The van der Waals surface area contributed by atoms with Crippen LogP contribution in [0.25, 0.3) is 0 Å². The van der Waals surface area contributed by atoms with Crippen LogP contribution in [0.2, 0.25) is 0 Å². The van der Waals surface area contributed by atoms with Gasteiger partial charge in [-0.15, -0.1) is 0 Å². The summed E-state index contributed by atoms with van der Waals surface area (Å²) < 4.78 is 9.09. The molecule has 0 aromatic heterocycles. The maximum Gasteiger partial charge on any atom is 0.338 e. The first kappa shape index (κ1) is 12.0. The van der Waals surface area contributed by atoms with Crippen LogP contribution in [-0.4, -0.2) is 26.2 Å². The molecule has 84 valence electrons. The SMILES string of the molecule is COC(=O)C1=CCC(C#N)C=C1C(=O)OC. The average Bonchev–Trinajstić information content (AvgIpc) is 2.36. The molecule has 0 fully saturated rings. The van der Waals surface area contributed by atoms with Gasteiger partial charge in [0.15, 0.2) is 0 Å². The fraction of sp³-hybridized carbons (Fsp3) is 0.364. The zero-order chi connectivity index (χ0) is 12.1. The molecule has 0 bridgehead atoms. The van der Waals surface area contributed by atoms with E-state index < -0.39 is 17.9 Å². The quantitative estimate of drug-likeness (QED) is 0.642. The van der Waals surface area contributed by atoms with Crippen molar-refractivity contribution in [3.63, 3.8) is 0 Å². The molecular weight excluding hydrogens is 210 g/mol. The third-order valence-electron chi connectivity index (χ3n) is 2.21. The molecular formula is C11H11NO4. The highest BCUT2D eigenvalue weighted by Gasteiger charge is 2.26. The fourth-order valence-electron chi connectivity index (χ4n) is 1.39. The van der Waals surface area contributed by atoms with Crippen molar-refractivity contribution in [1.82, 2.24) is 0 Å². The summed E-state index contributed by atoms with van der Waals surface area (Å²) in [5, 5.41) is 8.75. The van der Waals surface area contributed by atoms with Gasteiger partial charge in [-0.25, -0.2) is 9.59 Å². The predicted molar refractivity (Wildman–Crippen MR) is 53.9 cm³/mol. The standard InChI is InChI=1S/C11H11NO4/c1-15-10(13)8-4-3-7(6-12)5-9(8)11(14)16-2/h4-5,7H,3H2,1-2H3. The first-order valence-electron chi connectivity index (χ1n) is 4.62. The van der Waals surface area contributed by atoms with Crippen LogP contribution in [0.5, 0.6) is 0 Å². The van der Waals surface area contributed by atoms with Crippen molar-refractivity contribution in [3.05, 3.63) is 23.3 Å². The van der Waals surface area contributed by atoms with E-state index in [1.54, 1.807) is 0 Å². The van der Waals surface area contributed by atoms with E-state index in [1.165, 1.54) is 26.4 Å². The number of methoxy groups -OCH3 is 2. The molecule has 16 heavy (non-hydrogen) atoms. The van der Waals surface area contributed by atoms with Crippen LogP contribution in [0.4, 0.5) is 0 Å². The molecule has 1 atom stereocenters. The highest BCUT2D eigenvalue weighted by molar-refractivity contribution is 6.07. The smallest absolute Gasteiger partial charge is 0.338 e. The van der Waals surface area contributed by atoms with Crippen molar-refractivity contribution < 1.29 is 19.1 Å².